The Hall–Kier alpha value is -3.44. The number of hydrogen-bond acceptors (Lipinski definition) is 4. The number of thiophene rings is 4. The molecule has 7 rings (SSSR count). The van der Waals surface area contributed by atoms with Crippen molar-refractivity contribution in [3.05, 3.63) is 119 Å². The summed E-state index contributed by atoms with van der Waals surface area (Å²) in [6, 6.07) is 26.9. The van der Waals surface area contributed by atoms with Gasteiger partial charge in [0.2, 0.25) is 0 Å². The highest BCUT2D eigenvalue weighted by molar-refractivity contribution is 7.26. The summed E-state index contributed by atoms with van der Waals surface area (Å²) in [6.07, 6.45) is 0. The van der Waals surface area contributed by atoms with Crippen LogP contribution in [0.2, 0.25) is 0 Å². The Morgan fingerprint density at radius 1 is 0.442 bits per heavy atom. The van der Waals surface area contributed by atoms with Crippen molar-refractivity contribution in [2.75, 3.05) is 0 Å². The van der Waals surface area contributed by atoms with Gasteiger partial charge in [0.05, 0.1) is 4.88 Å². The molecular formula is C33H18F6S4. The van der Waals surface area contributed by atoms with Gasteiger partial charge in [0.1, 0.15) is 0 Å². The molecule has 10 heteroatoms. The molecule has 4 heterocycles. The maximum absolute atomic E-state index is 16.1. The highest BCUT2D eigenvalue weighted by Gasteiger charge is 2.80. The molecule has 0 fully saturated rings. The van der Waals surface area contributed by atoms with Crippen LogP contribution in [0.3, 0.4) is 0 Å². The minimum Gasteiger partial charge on any atom is -0.194 e. The third kappa shape index (κ3) is 4.37. The normalized spacial score (nSPS) is 17.1. The Morgan fingerprint density at radius 2 is 0.930 bits per heavy atom. The van der Waals surface area contributed by atoms with Gasteiger partial charge in [0, 0.05) is 46.7 Å². The predicted octanol–water partition coefficient (Wildman–Crippen LogP) is 12.4. The molecule has 216 valence electrons. The Bertz CT molecular complexity index is 1930. The zero-order chi connectivity index (χ0) is 30.0. The topological polar surface area (TPSA) is 0 Å². The monoisotopic (exact) mass is 656 g/mol. The lowest BCUT2D eigenvalue weighted by Gasteiger charge is -2.26. The van der Waals surface area contributed by atoms with Gasteiger partial charge in [-0.2, -0.15) is 26.3 Å². The average Bonchev–Trinajstić information content (AvgIpc) is 3.83. The molecule has 0 saturated carbocycles. The molecule has 0 saturated heterocycles. The lowest BCUT2D eigenvalue weighted by molar-refractivity contribution is -0.254. The van der Waals surface area contributed by atoms with Gasteiger partial charge in [-0.05, 0) is 46.2 Å². The minimum absolute atomic E-state index is 0.214. The van der Waals surface area contributed by atoms with Crippen molar-refractivity contribution in [3.63, 3.8) is 0 Å². The molecule has 0 amide bonds. The van der Waals surface area contributed by atoms with E-state index in [1.54, 1.807) is 95.7 Å². The van der Waals surface area contributed by atoms with Gasteiger partial charge in [-0.15, -0.1) is 45.3 Å². The summed E-state index contributed by atoms with van der Waals surface area (Å²) in [5, 5.41) is 3.53. The molecule has 0 radical (unpaired) electrons. The molecule has 1 aliphatic rings. The first-order valence-electron chi connectivity index (χ1n) is 13.0. The van der Waals surface area contributed by atoms with Gasteiger partial charge in [0.15, 0.2) is 0 Å². The van der Waals surface area contributed by atoms with E-state index in [1.807, 2.05) is 0 Å². The summed E-state index contributed by atoms with van der Waals surface area (Å²) in [7, 11) is 0. The maximum Gasteiger partial charge on any atom is 0.380 e. The van der Waals surface area contributed by atoms with E-state index in [-0.39, 0.29) is 20.9 Å². The third-order valence-corrected chi connectivity index (χ3v) is 11.8. The van der Waals surface area contributed by atoms with E-state index in [4.69, 9.17) is 0 Å². The second-order valence-electron chi connectivity index (χ2n) is 9.87. The summed E-state index contributed by atoms with van der Waals surface area (Å²) >= 11 is 4.82. The van der Waals surface area contributed by atoms with Crippen LogP contribution in [0, 0.1) is 0 Å². The summed E-state index contributed by atoms with van der Waals surface area (Å²) in [5.74, 6) is -16.0. The predicted molar refractivity (Wildman–Crippen MR) is 168 cm³/mol. The van der Waals surface area contributed by atoms with Crippen molar-refractivity contribution in [2.45, 2.75) is 17.8 Å². The van der Waals surface area contributed by atoms with Crippen LogP contribution >= 0.6 is 45.3 Å². The zero-order valence-electron chi connectivity index (χ0n) is 21.8. The van der Waals surface area contributed by atoms with Gasteiger partial charge >= 0.3 is 17.8 Å². The van der Waals surface area contributed by atoms with Crippen LogP contribution in [0.4, 0.5) is 26.3 Å². The fourth-order valence-electron chi connectivity index (χ4n) is 5.27. The number of rotatable bonds is 6. The highest BCUT2D eigenvalue weighted by Crippen LogP contribution is 2.67. The third-order valence-electron chi connectivity index (χ3n) is 7.27. The van der Waals surface area contributed by atoms with Crippen LogP contribution in [0.5, 0.6) is 0 Å². The molecular weight excluding hydrogens is 639 g/mol. The number of hydrogen-bond donors (Lipinski definition) is 0. The van der Waals surface area contributed by atoms with Crippen molar-refractivity contribution >= 4 is 56.5 Å². The fraction of sp³-hybridized carbons (Fsp3) is 0.0909. The van der Waals surface area contributed by atoms with E-state index in [0.717, 1.165) is 27.6 Å². The molecule has 0 atom stereocenters. The Balaban J connectivity index is 1.59. The number of allylic oxidation sites excluding steroid dienone is 2. The first-order valence-corrected chi connectivity index (χ1v) is 16.4. The van der Waals surface area contributed by atoms with Crippen LogP contribution < -0.4 is 0 Å². The van der Waals surface area contributed by atoms with Crippen LogP contribution in [-0.2, 0) is 0 Å². The highest BCUT2D eigenvalue weighted by atomic mass is 32.1. The molecule has 0 N–H and O–H groups in total. The quantitative estimate of drug-likeness (QED) is 0.157. The van der Waals surface area contributed by atoms with E-state index < -0.39 is 28.9 Å². The summed E-state index contributed by atoms with van der Waals surface area (Å²) in [4.78, 5) is 2.75. The number of benzene rings is 2. The first kappa shape index (κ1) is 28.3. The molecule has 0 bridgehead atoms. The smallest absolute Gasteiger partial charge is 0.194 e. The summed E-state index contributed by atoms with van der Waals surface area (Å²) < 4.78 is 95.2. The first-order chi connectivity index (χ1) is 20.6. The van der Waals surface area contributed by atoms with Crippen molar-refractivity contribution in [1.29, 1.82) is 0 Å². The van der Waals surface area contributed by atoms with Crippen molar-refractivity contribution < 1.29 is 26.3 Å². The van der Waals surface area contributed by atoms with Crippen molar-refractivity contribution in [1.82, 2.24) is 0 Å². The molecule has 0 unspecified atom stereocenters. The van der Waals surface area contributed by atoms with Gasteiger partial charge < -0.3 is 0 Å². The van der Waals surface area contributed by atoms with Crippen LogP contribution in [0.15, 0.2) is 108 Å². The lowest BCUT2D eigenvalue weighted by Crippen LogP contribution is -2.48. The maximum atomic E-state index is 16.1. The van der Waals surface area contributed by atoms with Crippen molar-refractivity contribution in [2.24, 2.45) is 0 Å². The van der Waals surface area contributed by atoms with Crippen LogP contribution in [-0.4, -0.2) is 17.8 Å². The Kier molecular flexibility index (Phi) is 6.81. The molecule has 4 aromatic heterocycles. The minimum atomic E-state index is -5.66. The van der Waals surface area contributed by atoms with E-state index in [1.165, 1.54) is 34.8 Å². The summed E-state index contributed by atoms with van der Waals surface area (Å²) in [6.45, 7) is 0. The van der Waals surface area contributed by atoms with E-state index in [9.17, 15) is 0 Å². The molecule has 2 aromatic carbocycles. The average molecular weight is 657 g/mol. The van der Waals surface area contributed by atoms with Crippen LogP contribution in [0.25, 0.3) is 51.5 Å². The molecule has 0 nitrogen and oxygen atoms in total. The number of halogens is 6. The Labute approximate surface area is 258 Å². The molecule has 0 spiro atoms. The molecule has 43 heavy (non-hydrogen) atoms. The van der Waals surface area contributed by atoms with E-state index in [0.29, 0.717) is 25.8 Å². The number of alkyl halides is 6. The van der Waals surface area contributed by atoms with Gasteiger partial charge in [0.25, 0.3) is 0 Å². The fourth-order valence-corrected chi connectivity index (χ4v) is 9.30. The Morgan fingerprint density at radius 3 is 1.49 bits per heavy atom. The molecule has 0 aliphatic heterocycles. The van der Waals surface area contributed by atoms with Gasteiger partial charge in [-0.3, -0.25) is 0 Å². The largest absolute Gasteiger partial charge is 0.380 e. The van der Waals surface area contributed by atoms with E-state index in [2.05, 4.69) is 0 Å². The standard InChI is InChI=1S/C33H18F6S4/c34-31(35)27(21-17-25(19-9-3-1-4-10-19)42-29(21)20-11-5-2-6-12-20)28(32(36,37)33(31,38)39)22-18-26(23-13-7-15-40-23)43-30(22)24-14-8-16-41-24/h1-18H. The van der Waals surface area contributed by atoms with Crippen molar-refractivity contribution in [3.8, 4) is 40.4 Å². The van der Waals surface area contributed by atoms with Gasteiger partial charge in [-0.25, -0.2) is 0 Å². The summed E-state index contributed by atoms with van der Waals surface area (Å²) in [5.41, 5.74) is -2.18. The molecule has 1 aliphatic carbocycles. The molecule has 6 aromatic rings. The second-order valence-corrected chi connectivity index (χ2v) is 13.9. The van der Waals surface area contributed by atoms with E-state index >= 15 is 26.3 Å². The zero-order valence-corrected chi connectivity index (χ0v) is 25.1. The lowest BCUT2D eigenvalue weighted by atomic mass is 9.93. The second kappa shape index (κ2) is 10.3. The van der Waals surface area contributed by atoms with Gasteiger partial charge in [-0.1, -0.05) is 72.8 Å². The SMILES string of the molecule is FC1(F)C(c2cc(-c3ccccc3)sc2-c2ccccc2)=C(c2cc(-c3cccs3)sc2-c2cccs2)C(F)(F)C1(F)F. The van der Waals surface area contributed by atoms with Crippen LogP contribution in [0.1, 0.15) is 11.1 Å².